The van der Waals surface area contributed by atoms with Gasteiger partial charge in [-0.25, -0.2) is 4.98 Å². The van der Waals surface area contributed by atoms with E-state index in [-0.39, 0.29) is 0 Å². The van der Waals surface area contributed by atoms with Gasteiger partial charge >= 0.3 is 0 Å². The van der Waals surface area contributed by atoms with Gasteiger partial charge in [-0.2, -0.15) is 0 Å². The van der Waals surface area contributed by atoms with E-state index < -0.39 is 0 Å². The van der Waals surface area contributed by atoms with Crippen molar-refractivity contribution >= 4 is 0 Å². The Balaban J connectivity index is 1.76. The molecule has 0 amide bonds. The Hall–Kier alpha value is -2.35. The Kier molecular flexibility index (Phi) is 4.69. The van der Waals surface area contributed by atoms with Gasteiger partial charge in [0.05, 0.1) is 5.69 Å². The van der Waals surface area contributed by atoms with Crippen LogP contribution in [-0.2, 0) is 12.8 Å². The summed E-state index contributed by atoms with van der Waals surface area (Å²) in [4.78, 5) is 8.05. The predicted molar refractivity (Wildman–Crippen MR) is 91.9 cm³/mol. The molecule has 0 fully saturated rings. The van der Waals surface area contributed by atoms with Crippen LogP contribution in [0.4, 0.5) is 0 Å². The van der Waals surface area contributed by atoms with E-state index in [1.165, 1.54) is 29.5 Å². The van der Waals surface area contributed by atoms with Crippen LogP contribution in [0.2, 0.25) is 0 Å². The van der Waals surface area contributed by atoms with Crippen LogP contribution in [0, 0.1) is 0 Å². The Labute approximate surface area is 132 Å². The summed E-state index contributed by atoms with van der Waals surface area (Å²) in [6.07, 6.45) is 6.47. The van der Waals surface area contributed by atoms with E-state index >= 15 is 0 Å². The molecule has 0 unspecified atom stereocenters. The van der Waals surface area contributed by atoms with Crippen molar-refractivity contribution < 1.29 is 0 Å². The number of aromatic nitrogens is 2. The van der Waals surface area contributed by atoms with Crippen molar-refractivity contribution in [1.29, 1.82) is 0 Å². The van der Waals surface area contributed by atoms with Crippen molar-refractivity contribution in [3.8, 4) is 11.3 Å². The van der Waals surface area contributed by atoms with Gasteiger partial charge < -0.3 is 4.98 Å². The molecule has 1 heterocycles. The average Bonchev–Trinajstić information content (AvgIpc) is 3.03. The number of nitrogens with zero attached hydrogens (tertiary/aromatic N) is 1. The molecule has 1 aromatic heterocycles. The first kappa shape index (κ1) is 14.6. The van der Waals surface area contributed by atoms with Crippen LogP contribution < -0.4 is 0 Å². The smallest absolute Gasteiger partial charge is 0.111 e. The normalized spacial score (nSPS) is 10.8. The number of hydrogen-bond donors (Lipinski definition) is 1. The number of hydrogen-bond acceptors (Lipinski definition) is 1. The number of benzene rings is 2. The van der Waals surface area contributed by atoms with Crippen LogP contribution in [0.15, 0.2) is 60.8 Å². The molecule has 3 rings (SSSR count). The van der Waals surface area contributed by atoms with E-state index in [1.807, 2.05) is 12.3 Å². The maximum atomic E-state index is 4.74. The Morgan fingerprint density at radius 1 is 0.955 bits per heavy atom. The van der Waals surface area contributed by atoms with Gasteiger partial charge in [-0.1, -0.05) is 61.9 Å². The van der Waals surface area contributed by atoms with Gasteiger partial charge in [0.25, 0.3) is 0 Å². The summed E-state index contributed by atoms with van der Waals surface area (Å²) in [5, 5.41) is 0. The molecule has 112 valence electrons. The molecule has 0 spiro atoms. The molecule has 2 nitrogen and oxygen atoms in total. The third kappa shape index (κ3) is 3.64. The SMILES string of the molecule is CCCCc1cccc(-c2c[nH]c(Cc3ccccc3)n2)c1. The van der Waals surface area contributed by atoms with Crippen molar-refractivity contribution in [2.45, 2.75) is 32.6 Å². The number of H-pyrrole nitrogens is 1. The second-order valence-corrected chi connectivity index (χ2v) is 5.70. The minimum Gasteiger partial charge on any atom is -0.348 e. The number of aromatic amines is 1. The van der Waals surface area contributed by atoms with Crippen molar-refractivity contribution in [2.75, 3.05) is 0 Å². The second kappa shape index (κ2) is 7.08. The maximum absolute atomic E-state index is 4.74. The van der Waals surface area contributed by atoms with E-state index in [0.29, 0.717) is 0 Å². The Bertz CT molecular complexity index is 713. The number of rotatable bonds is 6. The maximum Gasteiger partial charge on any atom is 0.111 e. The van der Waals surface area contributed by atoms with Gasteiger partial charge in [0, 0.05) is 18.2 Å². The molecule has 0 radical (unpaired) electrons. The lowest BCUT2D eigenvalue weighted by Gasteiger charge is -2.02. The van der Waals surface area contributed by atoms with Crippen molar-refractivity contribution in [1.82, 2.24) is 9.97 Å². The first-order valence-corrected chi connectivity index (χ1v) is 8.02. The fourth-order valence-corrected chi connectivity index (χ4v) is 2.66. The quantitative estimate of drug-likeness (QED) is 0.679. The highest BCUT2D eigenvalue weighted by Gasteiger charge is 2.05. The molecule has 0 aliphatic carbocycles. The number of nitrogens with one attached hydrogen (secondary N) is 1. The second-order valence-electron chi connectivity index (χ2n) is 5.70. The summed E-state index contributed by atoms with van der Waals surface area (Å²) in [5.41, 5.74) is 4.90. The lowest BCUT2D eigenvalue weighted by molar-refractivity contribution is 0.795. The largest absolute Gasteiger partial charge is 0.348 e. The number of unbranched alkanes of at least 4 members (excludes halogenated alkanes) is 1. The van der Waals surface area contributed by atoms with E-state index in [1.54, 1.807) is 0 Å². The molecule has 0 aliphatic heterocycles. The van der Waals surface area contributed by atoms with E-state index in [0.717, 1.165) is 24.4 Å². The molecular weight excluding hydrogens is 268 g/mol. The molecule has 3 aromatic rings. The molecule has 2 aromatic carbocycles. The third-order valence-electron chi connectivity index (χ3n) is 3.89. The molecule has 22 heavy (non-hydrogen) atoms. The topological polar surface area (TPSA) is 28.7 Å². The average molecular weight is 290 g/mol. The van der Waals surface area contributed by atoms with E-state index in [2.05, 4.69) is 60.4 Å². The minimum atomic E-state index is 0.844. The zero-order valence-electron chi connectivity index (χ0n) is 13.0. The molecule has 0 bridgehead atoms. The summed E-state index contributed by atoms with van der Waals surface area (Å²) in [7, 11) is 0. The first-order valence-electron chi connectivity index (χ1n) is 8.02. The summed E-state index contributed by atoms with van der Waals surface area (Å²) in [6.45, 7) is 2.23. The minimum absolute atomic E-state index is 0.844. The van der Waals surface area contributed by atoms with Crippen LogP contribution in [-0.4, -0.2) is 9.97 Å². The summed E-state index contributed by atoms with van der Waals surface area (Å²) >= 11 is 0. The summed E-state index contributed by atoms with van der Waals surface area (Å²) in [5.74, 6) is 1.01. The molecule has 0 saturated heterocycles. The van der Waals surface area contributed by atoms with Crippen molar-refractivity contribution in [3.63, 3.8) is 0 Å². The van der Waals surface area contributed by atoms with Crippen LogP contribution in [0.5, 0.6) is 0 Å². The molecule has 0 saturated carbocycles. The summed E-state index contributed by atoms with van der Waals surface area (Å²) < 4.78 is 0. The van der Waals surface area contributed by atoms with Crippen molar-refractivity contribution in [3.05, 3.63) is 77.7 Å². The van der Waals surface area contributed by atoms with Gasteiger partial charge in [0.15, 0.2) is 0 Å². The van der Waals surface area contributed by atoms with Gasteiger partial charge in [0.2, 0.25) is 0 Å². The highest BCUT2D eigenvalue weighted by Crippen LogP contribution is 2.20. The van der Waals surface area contributed by atoms with Gasteiger partial charge in [-0.05, 0) is 30.0 Å². The number of aryl methyl sites for hydroxylation is 1. The van der Waals surface area contributed by atoms with E-state index in [9.17, 15) is 0 Å². The van der Waals surface area contributed by atoms with Gasteiger partial charge in [-0.15, -0.1) is 0 Å². The fraction of sp³-hybridized carbons (Fsp3) is 0.250. The first-order chi connectivity index (χ1) is 10.8. The van der Waals surface area contributed by atoms with Crippen LogP contribution in [0.25, 0.3) is 11.3 Å². The monoisotopic (exact) mass is 290 g/mol. The Morgan fingerprint density at radius 3 is 2.59 bits per heavy atom. The zero-order valence-corrected chi connectivity index (χ0v) is 13.0. The van der Waals surface area contributed by atoms with E-state index in [4.69, 9.17) is 4.98 Å². The molecular formula is C20H22N2. The van der Waals surface area contributed by atoms with Gasteiger partial charge in [-0.3, -0.25) is 0 Å². The van der Waals surface area contributed by atoms with Gasteiger partial charge in [0.1, 0.15) is 5.82 Å². The Morgan fingerprint density at radius 2 is 1.77 bits per heavy atom. The highest BCUT2D eigenvalue weighted by atomic mass is 14.9. The third-order valence-corrected chi connectivity index (χ3v) is 3.89. The predicted octanol–water partition coefficient (Wildman–Crippen LogP) is 5.01. The molecule has 0 atom stereocenters. The lowest BCUT2D eigenvalue weighted by atomic mass is 10.0. The molecule has 2 heteroatoms. The van der Waals surface area contributed by atoms with Crippen molar-refractivity contribution in [2.24, 2.45) is 0 Å². The van der Waals surface area contributed by atoms with Crippen LogP contribution in [0.1, 0.15) is 36.7 Å². The van der Waals surface area contributed by atoms with Crippen LogP contribution >= 0.6 is 0 Å². The number of imidazole rings is 1. The summed E-state index contributed by atoms with van der Waals surface area (Å²) in [6, 6.07) is 19.2. The van der Waals surface area contributed by atoms with Crippen LogP contribution in [0.3, 0.4) is 0 Å². The molecule has 0 aliphatic rings. The molecule has 1 N–H and O–H groups in total. The fourth-order valence-electron chi connectivity index (χ4n) is 2.66. The standard InChI is InChI=1S/C20H22N2/c1-2-3-8-16-11-7-12-18(13-16)19-15-21-20(22-19)14-17-9-5-4-6-10-17/h4-7,9-13,15H,2-3,8,14H2,1H3,(H,21,22). The lowest BCUT2D eigenvalue weighted by Crippen LogP contribution is -1.90. The zero-order chi connectivity index (χ0) is 15.2. The highest BCUT2D eigenvalue weighted by molar-refractivity contribution is 5.59.